The van der Waals surface area contributed by atoms with Crippen molar-refractivity contribution in [2.75, 3.05) is 13.2 Å². The van der Waals surface area contributed by atoms with E-state index in [4.69, 9.17) is 28.2 Å². The van der Waals surface area contributed by atoms with Crippen LogP contribution in [0.1, 0.15) is 97.2 Å². The van der Waals surface area contributed by atoms with Gasteiger partial charge in [0, 0.05) is 43.0 Å². The van der Waals surface area contributed by atoms with Gasteiger partial charge in [-0.25, -0.2) is 13.8 Å². The number of rotatable bonds is 15. The third-order valence-electron chi connectivity index (χ3n) is 13.3. The first-order valence-electron chi connectivity index (χ1n) is 21.0. The molecule has 2 aromatic heterocycles. The van der Waals surface area contributed by atoms with Crippen LogP contribution < -0.4 is 28.2 Å². The molecule has 7 atom stereocenters. The molecule has 2 unspecified atom stereocenters. The fourth-order valence-corrected chi connectivity index (χ4v) is 11.0. The number of aliphatic hydroxyl groups is 2. The van der Waals surface area contributed by atoms with Gasteiger partial charge in [0.25, 0.3) is 21.2 Å². The molecule has 2 aromatic rings. The van der Waals surface area contributed by atoms with Crippen LogP contribution in [0.5, 0.6) is 0 Å². The maximum atomic E-state index is 14.5. The molecule has 3 aliphatic rings. The first kappa shape index (κ1) is 49.0. The SMILES string of the molecule is Cc1cn([C@@H]2OC(CO[Si](C)(C)C(C)(C)C)C3(OS(=O)(=O)C=C3N)[C@H]2O[Si](C)(C)C(C)(C)C)c(=O)n(CCCCCCn2c(=O)c(C)cn([C@H]3C[C@H](O)[C@@H](CO)O3)c2=O)c1=O. The summed E-state index contributed by atoms with van der Waals surface area (Å²) in [6.45, 7) is 23.2. The van der Waals surface area contributed by atoms with Crippen LogP contribution in [-0.2, 0) is 45.7 Å². The number of nitrogens with two attached hydrogens (primary N) is 1. The van der Waals surface area contributed by atoms with E-state index in [-0.39, 0.29) is 47.5 Å². The maximum absolute atomic E-state index is 14.5. The summed E-state index contributed by atoms with van der Waals surface area (Å²) in [5.74, 6) is 0. The van der Waals surface area contributed by atoms with Gasteiger partial charge in [0.15, 0.2) is 28.5 Å². The molecule has 0 saturated carbocycles. The quantitative estimate of drug-likeness (QED) is 0.132. The number of unbranched alkanes of at least 4 members (excludes halogenated alkanes) is 3. The lowest BCUT2D eigenvalue weighted by molar-refractivity contribution is -0.0567. The van der Waals surface area contributed by atoms with E-state index in [0.717, 1.165) is 14.5 Å². The minimum atomic E-state index is -4.30. The lowest BCUT2D eigenvalue weighted by atomic mass is 9.89. The molecule has 61 heavy (non-hydrogen) atoms. The summed E-state index contributed by atoms with van der Waals surface area (Å²) < 4.78 is 63.1. The van der Waals surface area contributed by atoms with Crippen LogP contribution in [0.4, 0.5) is 0 Å². The normalized spacial score (nSPS) is 27.0. The monoisotopic (exact) mass is 913 g/mol. The number of hydrogen-bond acceptors (Lipinski definition) is 14. The van der Waals surface area contributed by atoms with E-state index in [0.29, 0.717) is 31.2 Å². The Kier molecular flexibility index (Phi) is 14.1. The molecule has 1 spiro atoms. The Balaban J connectivity index is 1.41. The molecule has 2 fully saturated rings. The second-order valence-corrected chi connectivity index (χ2v) is 30.7. The molecule has 0 amide bonds. The topological polar surface area (TPSA) is 235 Å². The first-order chi connectivity index (χ1) is 28.0. The van der Waals surface area contributed by atoms with Gasteiger partial charge >= 0.3 is 11.4 Å². The van der Waals surface area contributed by atoms with Gasteiger partial charge in [-0.3, -0.25) is 27.9 Å². The molecule has 5 heterocycles. The van der Waals surface area contributed by atoms with E-state index in [9.17, 15) is 37.8 Å². The van der Waals surface area contributed by atoms with E-state index >= 15 is 0 Å². The summed E-state index contributed by atoms with van der Waals surface area (Å²) in [5, 5.41) is 20.0. The predicted molar refractivity (Wildman–Crippen MR) is 234 cm³/mol. The molecule has 344 valence electrons. The van der Waals surface area contributed by atoms with Crippen molar-refractivity contribution in [2.45, 2.75) is 179 Å². The third kappa shape index (κ3) is 9.60. The van der Waals surface area contributed by atoms with Crippen molar-refractivity contribution in [3.63, 3.8) is 0 Å². The molecule has 0 aromatic carbocycles. The van der Waals surface area contributed by atoms with Gasteiger partial charge in [0.05, 0.1) is 30.4 Å². The van der Waals surface area contributed by atoms with Crippen molar-refractivity contribution in [2.24, 2.45) is 5.73 Å². The van der Waals surface area contributed by atoms with Crippen LogP contribution in [0.2, 0.25) is 36.3 Å². The Hall–Kier alpha value is -3.00. The Morgan fingerprint density at radius 1 is 0.836 bits per heavy atom. The van der Waals surface area contributed by atoms with Crippen molar-refractivity contribution in [3.8, 4) is 0 Å². The second-order valence-electron chi connectivity index (χ2n) is 19.8. The maximum Gasteiger partial charge on any atom is 0.333 e. The van der Waals surface area contributed by atoms with Crippen LogP contribution in [-0.4, -0.2) is 96.8 Å². The Labute approximate surface area is 359 Å². The van der Waals surface area contributed by atoms with Gasteiger partial charge in [-0.1, -0.05) is 54.4 Å². The van der Waals surface area contributed by atoms with Gasteiger partial charge < -0.3 is 34.3 Å². The predicted octanol–water partition coefficient (Wildman–Crippen LogP) is 3.06. The fraction of sp³-hybridized carbons (Fsp3) is 0.750. The Morgan fingerprint density at radius 2 is 1.34 bits per heavy atom. The molecule has 2 saturated heterocycles. The number of ether oxygens (including phenoxy) is 2. The summed E-state index contributed by atoms with van der Waals surface area (Å²) in [6, 6.07) is 0. The molecular weight excluding hydrogens is 847 g/mol. The van der Waals surface area contributed by atoms with Gasteiger partial charge in [-0.05, 0) is 63.0 Å². The molecule has 4 N–H and O–H groups in total. The Morgan fingerprint density at radius 3 is 1.80 bits per heavy atom. The number of aliphatic hydroxyl groups excluding tert-OH is 2. The zero-order chi connectivity index (χ0) is 45.8. The molecule has 0 bridgehead atoms. The molecule has 18 nitrogen and oxygen atoms in total. The summed E-state index contributed by atoms with van der Waals surface area (Å²) in [5.41, 5.74) is 2.96. The van der Waals surface area contributed by atoms with Crippen LogP contribution >= 0.6 is 0 Å². The molecular formula is C40H67N5O13SSi2. The standard InChI is InChI=1S/C40H67N5O13SSi2/c1-25-20-44(31-19-27(47)28(22-46)55-31)36(50)42(33(25)48)17-15-13-14-16-18-43-34(49)26(2)21-45(37(43)51)35-32(57-61(11,12)39(6,7)8)40(29(41)24-59(52,53)58-40)30(56-35)23-54-60(9,10)38(3,4)5/h20-21,24,27-28,30-32,35,46-47H,13-19,22-23,41H2,1-12H3/t27-,28+,30?,31+,32-,35+,40?/m0/s1. The van der Waals surface area contributed by atoms with Gasteiger partial charge in [-0.15, -0.1) is 0 Å². The van der Waals surface area contributed by atoms with Crippen molar-refractivity contribution in [3.05, 3.63) is 76.3 Å². The van der Waals surface area contributed by atoms with Crippen LogP contribution in [0.15, 0.2) is 42.7 Å². The summed E-state index contributed by atoms with van der Waals surface area (Å²) >= 11 is 0. The lowest BCUT2D eigenvalue weighted by Gasteiger charge is -2.43. The zero-order valence-electron chi connectivity index (χ0n) is 37.7. The van der Waals surface area contributed by atoms with Crippen LogP contribution in [0, 0.1) is 13.8 Å². The summed E-state index contributed by atoms with van der Waals surface area (Å²) in [7, 11) is -9.54. The van der Waals surface area contributed by atoms with Gasteiger partial charge in [-0.2, -0.15) is 8.42 Å². The zero-order valence-corrected chi connectivity index (χ0v) is 40.5. The highest BCUT2D eigenvalue weighted by atomic mass is 32.2. The highest BCUT2D eigenvalue weighted by molar-refractivity contribution is 7.90. The van der Waals surface area contributed by atoms with E-state index < -0.39 is 98.3 Å². The molecule has 3 aliphatic heterocycles. The number of aromatic nitrogens is 4. The molecule has 5 rings (SSSR count). The van der Waals surface area contributed by atoms with Crippen molar-refractivity contribution >= 4 is 26.8 Å². The third-order valence-corrected chi connectivity index (χ3v) is 23.3. The smallest absolute Gasteiger partial charge is 0.333 e. The fourth-order valence-electron chi connectivity index (χ4n) is 7.46. The molecule has 21 heteroatoms. The average molecular weight is 914 g/mol. The minimum absolute atomic E-state index is 0.0420. The highest BCUT2D eigenvalue weighted by Crippen LogP contribution is 2.52. The number of nitrogens with zero attached hydrogens (tertiary/aromatic N) is 4. The number of hydrogen-bond donors (Lipinski definition) is 3. The van der Waals surface area contributed by atoms with E-state index in [1.807, 2.05) is 33.9 Å². The number of aryl methyl sites for hydroxylation is 2. The van der Waals surface area contributed by atoms with E-state index in [1.165, 1.54) is 21.5 Å². The second kappa shape index (κ2) is 17.5. The lowest BCUT2D eigenvalue weighted by Crippen LogP contribution is -2.59. The molecule has 0 aliphatic carbocycles. The van der Waals surface area contributed by atoms with Crippen molar-refractivity contribution in [1.82, 2.24) is 18.3 Å². The van der Waals surface area contributed by atoms with Gasteiger partial charge in [0.1, 0.15) is 24.5 Å². The van der Waals surface area contributed by atoms with Crippen LogP contribution in [0.3, 0.4) is 0 Å². The van der Waals surface area contributed by atoms with Gasteiger partial charge in [0.2, 0.25) is 0 Å². The summed E-state index contributed by atoms with van der Waals surface area (Å²) in [6.07, 6.45) is -1.40. The first-order valence-corrected chi connectivity index (χ1v) is 28.3. The minimum Gasteiger partial charge on any atom is -0.414 e. The van der Waals surface area contributed by atoms with Crippen LogP contribution in [0.25, 0.3) is 0 Å². The Bertz CT molecular complexity index is 2340. The summed E-state index contributed by atoms with van der Waals surface area (Å²) in [4.78, 5) is 54.4. The largest absolute Gasteiger partial charge is 0.414 e. The van der Waals surface area contributed by atoms with Crippen molar-refractivity contribution < 1.29 is 41.1 Å². The molecule has 0 radical (unpaired) electrons. The highest BCUT2D eigenvalue weighted by Gasteiger charge is 2.67. The average Bonchev–Trinajstić information content (AvgIpc) is 3.74. The van der Waals surface area contributed by atoms with E-state index in [2.05, 4.69) is 33.9 Å². The van der Waals surface area contributed by atoms with Crippen molar-refractivity contribution in [1.29, 1.82) is 0 Å². The van der Waals surface area contributed by atoms with E-state index in [1.54, 1.807) is 13.8 Å².